The lowest BCUT2D eigenvalue weighted by atomic mass is 10.5. The Kier molecular flexibility index (Phi) is 2.21. The first-order valence-corrected chi connectivity index (χ1v) is 3.07. The molecule has 0 aliphatic carbocycles. The molecular formula is C7H6F2N2. The van der Waals surface area contributed by atoms with Crippen molar-refractivity contribution in [3.63, 3.8) is 0 Å². The first kappa shape index (κ1) is 7.73. The molecule has 0 aliphatic heterocycles. The third kappa shape index (κ3) is 1.77. The lowest BCUT2D eigenvalue weighted by molar-refractivity contribution is 0.126. The minimum atomic E-state index is -2.41. The highest BCUT2D eigenvalue weighted by molar-refractivity contribution is 5.21. The van der Waals surface area contributed by atoms with Gasteiger partial charge in [0.2, 0.25) is 0 Å². The van der Waals surface area contributed by atoms with E-state index in [4.69, 9.17) is 5.26 Å². The number of nitriles is 1. The average molecular weight is 156 g/mol. The predicted octanol–water partition coefficient (Wildman–Crippen LogP) is 1.62. The first-order chi connectivity index (χ1) is 5.24. The summed E-state index contributed by atoms with van der Waals surface area (Å²) >= 11 is 0. The van der Waals surface area contributed by atoms with Crippen LogP contribution in [0.4, 0.5) is 8.78 Å². The van der Waals surface area contributed by atoms with Gasteiger partial charge < -0.3 is 4.57 Å². The Labute approximate surface area is 62.7 Å². The zero-order valence-corrected chi connectivity index (χ0v) is 5.67. The van der Waals surface area contributed by atoms with E-state index in [0.29, 0.717) is 0 Å². The second-order valence-corrected chi connectivity index (χ2v) is 2.05. The van der Waals surface area contributed by atoms with Crippen LogP contribution < -0.4 is 0 Å². The van der Waals surface area contributed by atoms with E-state index in [-0.39, 0.29) is 5.69 Å². The summed E-state index contributed by atoms with van der Waals surface area (Å²) in [7, 11) is 0. The molecule has 58 valence electrons. The third-order valence-electron chi connectivity index (χ3n) is 1.28. The van der Waals surface area contributed by atoms with Gasteiger partial charge in [-0.05, 0) is 12.1 Å². The van der Waals surface area contributed by atoms with Crippen LogP contribution in [-0.4, -0.2) is 11.0 Å². The van der Waals surface area contributed by atoms with Crippen LogP contribution in [0, 0.1) is 11.3 Å². The molecule has 0 aromatic carbocycles. The average Bonchev–Trinajstić information content (AvgIpc) is 2.34. The van der Waals surface area contributed by atoms with Gasteiger partial charge >= 0.3 is 0 Å². The molecule has 0 saturated heterocycles. The molecule has 0 amide bonds. The maximum atomic E-state index is 11.8. The molecule has 2 nitrogen and oxygen atoms in total. The Morgan fingerprint density at radius 3 is 2.91 bits per heavy atom. The number of aromatic nitrogens is 1. The van der Waals surface area contributed by atoms with Crippen LogP contribution in [-0.2, 0) is 6.54 Å². The topological polar surface area (TPSA) is 28.7 Å². The van der Waals surface area contributed by atoms with E-state index in [1.807, 2.05) is 6.07 Å². The maximum Gasteiger partial charge on any atom is 0.256 e. The van der Waals surface area contributed by atoms with Gasteiger partial charge in [-0.2, -0.15) is 5.26 Å². The Hall–Kier alpha value is -1.37. The van der Waals surface area contributed by atoms with Crippen LogP contribution >= 0.6 is 0 Å². The van der Waals surface area contributed by atoms with Crippen molar-refractivity contribution in [2.75, 3.05) is 0 Å². The number of alkyl halides is 2. The fourth-order valence-corrected chi connectivity index (χ4v) is 0.823. The van der Waals surface area contributed by atoms with Gasteiger partial charge in [-0.15, -0.1) is 0 Å². The minimum absolute atomic E-state index is 0.269. The van der Waals surface area contributed by atoms with Crippen molar-refractivity contribution in [2.24, 2.45) is 0 Å². The van der Waals surface area contributed by atoms with Crippen molar-refractivity contribution < 1.29 is 8.78 Å². The largest absolute Gasteiger partial charge is 0.334 e. The summed E-state index contributed by atoms with van der Waals surface area (Å²) in [6, 6.07) is 4.88. The Morgan fingerprint density at radius 2 is 2.36 bits per heavy atom. The van der Waals surface area contributed by atoms with Crippen molar-refractivity contribution in [1.82, 2.24) is 4.57 Å². The van der Waals surface area contributed by atoms with Crippen LogP contribution in [0.25, 0.3) is 0 Å². The highest BCUT2D eigenvalue weighted by Crippen LogP contribution is 2.04. The molecule has 0 spiro atoms. The summed E-state index contributed by atoms with van der Waals surface area (Å²) in [5.41, 5.74) is 0.269. The van der Waals surface area contributed by atoms with Crippen molar-refractivity contribution >= 4 is 0 Å². The molecule has 0 aliphatic rings. The van der Waals surface area contributed by atoms with Crippen molar-refractivity contribution in [3.8, 4) is 6.07 Å². The lowest BCUT2D eigenvalue weighted by Gasteiger charge is -2.01. The standard InChI is InChI=1S/C7H6F2N2/c8-7(9)5-11-3-1-2-6(11)4-10/h1-3,7H,5H2. The van der Waals surface area contributed by atoms with Crippen LogP contribution in [0.5, 0.6) is 0 Å². The molecule has 0 radical (unpaired) electrons. The highest BCUT2D eigenvalue weighted by Gasteiger charge is 2.05. The van der Waals surface area contributed by atoms with Crippen LogP contribution in [0.2, 0.25) is 0 Å². The molecule has 1 heterocycles. The van der Waals surface area contributed by atoms with E-state index in [0.717, 1.165) is 0 Å². The molecule has 1 aromatic rings. The van der Waals surface area contributed by atoms with Crippen molar-refractivity contribution in [1.29, 1.82) is 5.26 Å². The summed E-state index contributed by atoms with van der Waals surface area (Å²) in [5.74, 6) is 0. The molecule has 0 N–H and O–H groups in total. The number of nitrogens with zero attached hydrogens (tertiary/aromatic N) is 2. The van der Waals surface area contributed by atoms with E-state index in [1.165, 1.54) is 16.8 Å². The molecule has 0 fully saturated rings. The van der Waals surface area contributed by atoms with Gasteiger partial charge in [0.15, 0.2) is 0 Å². The molecule has 1 aromatic heterocycles. The molecular weight excluding hydrogens is 150 g/mol. The quantitative estimate of drug-likeness (QED) is 0.639. The van der Waals surface area contributed by atoms with Gasteiger partial charge in [0.1, 0.15) is 11.8 Å². The summed E-state index contributed by atoms with van der Waals surface area (Å²) in [6.07, 6.45) is -0.945. The number of rotatable bonds is 2. The van der Waals surface area contributed by atoms with Gasteiger partial charge in [-0.1, -0.05) is 0 Å². The van der Waals surface area contributed by atoms with Gasteiger partial charge in [0.25, 0.3) is 6.43 Å². The molecule has 0 saturated carbocycles. The predicted molar refractivity (Wildman–Crippen MR) is 35.2 cm³/mol. The molecule has 0 bridgehead atoms. The zero-order chi connectivity index (χ0) is 8.27. The van der Waals surface area contributed by atoms with Crippen molar-refractivity contribution in [2.45, 2.75) is 13.0 Å². The molecule has 0 atom stereocenters. The summed E-state index contributed by atoms with van der Waals surface area (Å²) in [6.45, 7) is -0.407. The molecule has 1 rings (SSSR count). The zero-order valence-electron chi connectivity index (χ0n) is 5.67. The monoisotopic (exact) mass is 156 g/mol. The van der Waals surface area contributed by atoms with E-state index in [2.05, 4.69) is 0 Å². The third-order valence-corrected chi connectivity index (χ3v) is 1.28. The first-order valence-electron chi connectivity index (χ1n) is 3.07. The van der Waals surface area contributed by atoms with Gasteiger partial charge in [0.05, 0.1) is 6.54 Å². The summed E-state index contributed by atoms with van der Waals surface area (Å²) in [5, 5.41) is 8.40. The number of hydrogen-bond donors (Lipinski definition) is 0. The van der Waals surface area contributed by atoms with Crippen LogP contribution in [0.3, 0.4) is 0 Å². The van der Waals surface area contributed by atoms with Crippen molar-refractivity contribution in [3.05, 3.63) is 24.0 Å². The van der Waals surface area contributed by atoms with E-state index in [9.17, 15) is 8.78 Å². The number of halogens is 2. The van der Waals surface area contributed by atoms with Gasteiger partial charge in [-0.25, -0.2) is 8.78 Å². The second kappa shape index (κ2) is 3.15. The van der Waals surface area contributed by atoms with E-state index >= 15 is 0 Å². The van der Waals surface area contributed by atoms with Gasteiger partial charge in [0, 0.05) is 6.20 Å². The molecule has 0 unspecified atom stereocenters. The molecule has 11 heavy (non-hydrogen) atoms. The SMILES string of the molecule is N#Cc1cccn1CC(F)F. The Balaban J connectivity index is 2.79. The smallest absolute Gasteiger partial charge is 0.256 e. The van der Waals surface area contributed by atoms with E-state index in [1.54, 1.807) is 6.07 Å². The Bertz CT molecular complexity index is 272. The normalized spacial score (nSPS) is 10.0. The van der Waals surface area contributed by atoms with Crippen LogP contribution in [0.1, 0.15) is 5.69 Å². The molecule has 4 heteroatoms. The maximum absolute atomic E-state index is 11.8. The van der Waals surface area contributed by atoms with Crippen LogP contribution in [0.15, 0.2) is 18.3 Å². The fraction of sp³-hybridized carbons (Fsp3) is 0.286. The lowest BCUT2D eigenvalue weighted by Crippen LogP contribution is -2.06. The Morgan fingerprint density at radius 1 is 1.64 bits per heavy atom. The number of hydrogen-bond acceptors (Lipinski definition) is 1. The highest BCUT2D eigenvalue weighted by atomic mass is 19.3. The minimum Gasteiger partial charge on any atom is -0.334 e. The van der Waals surface area contributed by atoms with Gasteiger partial charge in [-0.3, -0.25) is 0 Å². The van der Waals surface area contributed by atoms with E-state index < -0.39 is 13.0 Å². The summed E-state index contributed by atoms with van der Waals surface area (Å²) < 4.78 is 24.8. The fourth-order valence-electron chi connectivity index (χ4n) is 0.823. The second-order valence-electron chi connectivity index (χ2n) is 2.05. The summed E-state index contributed by atoms with van der Waals surface area (Å²) in [4.78, 5) is 0.